The van der Waals surface area contributed by atoms with Crippen molar-refractivity contribution in [1.29, 1.82) is 0 Å². The number of benzene rings is 1. The zero-order valence-electron chi connectivity index (χ0n) is 10.7. The van der Waals surface area contributed by atoms with E-state index in [1.165, 1.54) is 18.2 Å². The molecular formula is C12H19FN2O2S. The van der Waals surface area contributed by atoms with Crippen LogP contribution in [0.4, 0.5) is 10.1 Å². The molecule has 0 heterocycles. The van der Waals surface area contributed by atoms with Crippen molar-refractivity contribution in [3.05, 3.63) is 29.6 Å². The number of aryl methyl sites for hydroxylation is 1. The van der Waals surface area contributed by atoms with Crippen molar-refractivity contribution >= 4 is 15.7 Å². The molecule has 0 atom stereocenters. The molecule has 0 spiro atoms. The quantitative estimate of drug-likeness (QED) is 0.746. The normalized spacial score (nSPS) is 11.5. The second-order valence-corrected chi connectivity index (χ2v) is 5.97. The lowest BCUT2D eigenvalue weighted by Gasteiger charge is -2.10. The fourth-order valence-electron chi connectivity index (χ4n) is 1.47. The standard InChI is InChI=1S/C12H19FN2O2S/c1-3-6-14-7-8-18(16,17)15-12-5-4-11(13)9-10(12)2/h4-5,9,14-15H,3,6-8H2,1-2H3. The number of halogens is 1. The van der Waals surface area contributed by atoms with Gasteiger partial charge < -0.3 is 5.32 Å². The summed E-state index contributed by atoms with van der Waals surface area (Å²) in [4.78, 5) is 0. The van der Waals surface area contributed by atoms with Crippen LogP contribution in [0, 0.1) is 12.7 Å². The Bertz CT molecular complexity index is 489. The van der Waals surface area contributed by atoms with Crippen LogP contribution >= 0.6 is 0 Å². The van der Waals surface area contributed by atoms with Gasteiger partial charge in [0.15, 0.2) is 0 Å². The number of hydrogen-bond donors (Lipinski definition) is 2. The van der Waals surface area contributed by atoms with Crippen LogP contribution in [0.25, 0.3) is 0 Å². The number of hydrogen-bond acceptors (Lipinski definition) is 3. The maximum atomic E-state index is 12.9. The Morgan fingerprint density at radius 1 is 1.28 bits per heavy atom. The Balaban J connectivity index is 2.59. The Hall–Kier alpha value is -1.14. The topological polar surface area (TPSA) is 58.2 Å². The van der Waals surface area contributed by atoms with E-state index in [2.05, 4.69) is 10.0 Å². The lowest BCUT2D eigenvalue weighted by atomic mass is 10.2. The molecule has 0 aliphatic rings. The highest BCUT2D eigenvalue weighted by atomic mass is 32.2. The summed E-state index contributed by atoms with van der Waals surface area (Å²) in [6, 6.07) is 3.97. The van der Waals surface area contributed by atoms with E-state index in [1.807, 2.05) is 6.92 Å². The molecule has 0 bridgehead atoms. The van der Waals surface area contributed by atoms with Gasteiger partial charge in [0.25, 0.3) is 0 Å². The van der Waals surface area contributed by atoms with Crippen LogP contribution in [-0.4, -0.2) is 27.3 Å². The SMILES string of the molecule is CCCNCCS(=O)(=O)Nc1ccc(F)cc1C. The second kappa shape index (κ2) is 6.70. The first-order chi connectivity index (χ1) is 8.44. The van der Waals surface area contributed by atoms with Crippen LogP contribution in [0.5, 0.6) is 0 Å². The molecular weight excluding hydrogens is 255 g/mol. The Morgan fingerprint density at radius 2 is 2.00 bits per heavy atom. The van der Waals surface area contributed by atoms with Gasteiger partial charge in [0.1, 0.15) is 5.82 Å². The summed E-state index contributed by atoms with van der Waals surface area (Å²) in [6.07, 6.45) is 0.963. The average Bonchev–Trinajstić information content (AvgIpc) is 2.28. The molecule has 6 heteroatoms. The third kappa shape index (κ3) is 5.01. The zero-order valence-corrected chi connectivity index (χ0v) is 11.5. The Kier molecular flexibility index (Phi) is 5.55. The molecule has 0 fully saturated rings. The molecule has 4 nitrogen and oxygen atoms in total. The second-order valence-electron chi connectivity index (χ2n) is 4.13. The molecule has 0 aliphatic carbocycles. The van der Waals surface area contributed by atoms with E-state index < -0.39 is 10.0 Å². The zero-order chi connectivity index (χ0) is 13.6. The van der Waals surface area contributed by atoms with Crippen molar-refractivity contribution < 1.29 is 12.8 Å². The largest absolute Gasteiger partial charge is 0.316 e. The van der Waals surface area contributed by atoms with Crippen molar-refractivity contribution in [1.82, 2.24) is 5.32 Å². The van der Waals surface area contributed by atoms with Gasteiger partial charge in [0.2, 0.25) is 10.0 Å². The summed E-state index contributed by atoms with van der Waals surface area (Å²) in [7, 11) is -3.39. The van der Waals surface area contributed by atoms with Crippen LogP contribution in [0.1, 0.15) is 18.9 Å². The third-order valence-corrected chi connectivity index (χ3v) is 3.70. The first-order valence-corrected chi connectivity index (χ1v) is 7.57. The molecule has 2 N–H and O–H groups in total. The van der Waals surface area contributed by atoms with Crippen molar-refractivity contribution in [2.24, 2.45) is 0 Å². The monoisotopic (exact) mass is 274 g/mol. The number of rotatable bonds is 7. The first-order valence-electron chi connectivity index (χ1n) is 5.92. The molecule has 18 heavy (non-hydrogen) atoms. The van der Waals surface area contributed by atoms with Crippen LogP contribution in [0.3, 0.4) is 0 Å². The molecule has 0 saturated carbocycles. The molecule has 0 saturated heterocycles. The fourth-order valence-corrected chi connectivity index (χ4v) is 2.55. The lowest BCUT2D eigenvalue weighted by molar-refractivity contribution is 0.595. The molecule has 1 aromatic rings. The van der Waals surface area contributed by atoms with E-state index in [0.717, 1.165) is 13.0 Å². The summed E-state index contributed by atoms with van der Waals surface area (Å²) in [5.74, 6) is -0.371. The van der Waals surface area contributed by atoms with Crippen molar-refractivity contribution in [3.8, 4) is 0 Å². The van der Waals surface area contributed by atoms with Gasteiger partial charge in [-0.05, 0) is 43.7 Å². The molecule has 0 radical (unpaired) electrons. The van der Waals surface area contributed by atoms with E-state index >= 15 is 0 Å². The Labute approximate surface area is 108 Å². The number of nitrogens with one attached hydrogen (secondary N) is 2. The van der Waals surface area contributed by atoms with Crippen molar-refractivity contribution in [2.45, 2.75) is 20.3 Å². The van der Waals surface area contributed by atoms with Gasteiger partial charge in [-0.1, -0.05) is 6.92 Å². The minimum atomic E-state index is -3.39. The third-order valence-electron chi connectivity index (χ3n) is 2.43. The molecule has 0 unspecified atom stereocenters. The molecule has 1 aromatic carbocycles. The smallest absolute Gasteiger partial charge is 0.233 e. The van der Waals surface area contributed by atoms with Gasteiger partial charge in [-0.25, -0.2) is 12.8 Å². The average molecular weight is 274 g/mol. The van der Waals surface area contributed by atoms with Crippen LogP contribution < -0.4 is 10.0 Å². The highest BCUT2D eigenvalue weighted by molar-refractivity contribution is 7.92. The van der Waals surface area contributed by atoms with Gasteiger partial charge in [0.05, 0.1) is 11.4 Å². The summed E-state index contributed by atoms with van der Waals surface area (Å²) in [5, 5.41) is 3.02. The summed E-state index contributed by atoms with van der Waals surface area (Å²) in [5.41, 5.74) is 0.993. The summed E-state index contributed by atoms with van der Waals surface area (Å²) < 4.78 is 38.8. The van der Waals surface area contributed by atoms with Gasteiger partial charge in [-0.2, -0.15) is 0 Å². The molecule has 1 rings (SSSR count). The van der Waals surface area contributed by atoms with Crippen LogP contribution in [0.2, 0.25) is 0 Å². The number of sulfonamides is 1. The molecule has 102 valence electrons. The van der Waals surface area contributed by atoms with Gasteiger partial charge >= 0.3 is 0 Å². The summed E-state index contributed by atoms with van der Waals surface area (Å²) >= 11 is 0. The van der Waals surface area contributed by atoms with Gasteiger partial charge in [-0.15, -0.1) is 0 Å². The van der Waals surface area contributed by atoms with Crippen LogP contribution in [-0.2, 0) is 10.0 Å². The lowest BCUT2D eigenvalue weighted by Crippen LogP contribution is -2.27. The molecule has 0 amide bonds. The Morgan fingerprint density at radius 3 is 2.61 bits per heavy atom. The van der Waals surface area contributed by atoms with E-state index in [1.54, 1.807) is 6.92 Å². The first kappa shape index (κ1) is 14.9. The van der Waals surface area contributed by atoms with Crippen molar-refractivity contribution in [2.75, 3.05) is 23.6 Å². The highest BCUT2D eigenvalue weighted by Gasteiger charge is 2.11. The van der Waals surface area contributed by atoms with Gasteiger partial charge in [-0.3, -0.25) is 4.72 Å². The predicted molar refractivity (Wildman–Crippen MR) is 71.7 cm³/mol. The number of anilines is 1. The van der Waals surface area contributed by atoms with Crippen LogP contribution in [0.15, 0.2) is 18.2 Å². The minimum Gasteiger partial charge on any atom is -0.316 e. The maximum absolute atomic E-state index is 12.9. The minimum absolute atomic E-state index is 0.00379. The molecule has 0 aliphatic heterocycles. The van der Waals surface area contributed by atoms with E-state index in [9.17, 15) is 12.8 Å². The molecule has 0 aromatic heterocycles. The van der Waals surface area contributed by atoms with E-state index in [0.29, 0.717) is 17.8 Å². The fraction of sp³-hybridized carbons (Fsp3) is 0.500. The maximum Gasteiger partial charge on any atom is 0.233 e. The summed E-state index contributed by atoms with van der Waals surface area (Å²) in [6.45, 7) is 4.88. The van der Waals surface area contributed by atoms with Gasteiger partial charge in [0, 0.05) is 6.54 Å². The van der Waals surface area contributed by atoms with E-state index in [-0.39, 0.29) is 11.6 Å². The highest BCUT2D eigenvalue weighted by Crippen LogP contribution is 2.16. The predicted octanol–water partition coefficient (Wildman–Crippen LogP) is 1.88. The van der Waals surface area contributed by atoms with Crippen molar-refractivity contribution in [3.63, 3.8) is 0 Å². The van der Waals surface area contributed by atoms with E-state index in [4.69, 9.17) is 0 Å².